The molecular formula is C22H16FN3OS. The standard InChI is InChI=1S/C22H16FN3OS/c23-20-8-4-3-7-19(20)21(27)26-22(28)25-14-15-9-11-16(12-10-15)18-6-2-1-5-17(18)13-24/h1-12H,14H2,(H2,25,26,27,28). The van der Waals surface area contributed by atoms with E-state index in [0.717, 1.165) is 16.7 Å². The Hall–Kier alpha value is -3.56. The molecule has 3 aromatic carbocycles. The topological polar surface area (TPSA) is 64.9 Å². The van der Waals surface area contributed by atoms with Gasteiger partial charge in [-0.1, -0.05) is 54.6 Å². The van der Waals surface area contributed by atoms with E-state index in [9.17, 15) is 14.4 Å². The highest BCUT2D eigenvalue weighted by Gasteiger charge is 2.12. The normalized spacial score (nSPS) is 10.0. The molecule has 0 saturated heterocycles. The quantitative estimate of drug-likeness (QED) is 0.658. The maximum Gasteiger partial charge on any atom is 0.260 e. The first-order valence-corrected chi connectivity index (χ1v) is 8.91. The highest BCUT2D eigenvalue weighted by molar-refractivity contribution is 7.80. The van der Waals surface area contributed by atoms with Crippen LogP contribution >= 0.6 is 12.2 Å². The third-order valence-corrected chi connectivity index (χ3v) is 4.36. The van der Waals surface area contributed by atoms with Crippen LogP contribution in [0.5, 0.6) is 0 Å². The molecule has 0 saturated carbocycles. The molecule has 0 unspecified atom stereocenters. The molecule has 0 aromatic heterocycles. The minimum Gasteiger partial charge on any atom is -0.358 e. The highest BCUT2D eigenvalue weighted by Crippen LogP contribution is 2.23. The molecule has 0 atom stereocenters. The van der Waals surface area contributed by atoms with Gasteiger partial charge in [0.25, 0.3) is 5.91 Å². The van der Waals surface area contributed by atoms with Gasteiger partial charge in [-0.05, 0) is 47.1 Å². The van der Waals surface area contributed by atoms with Crippen LogP contribution in [0.1, 0.15) is 21.5 Å². The Labute approximate surface area is 167 Å². The zero-order chi connectivity index (χ0) is 19.9. The van der Waals surface area contributed by atoms with Crippen LogP contribution in [-0.4, -0.2) is 11.0 Å². The number of benzene rings is 3. The summed E-state index contributed by atoms with van der Waals surface area (Å²) >= 11 is 5.11. The van der Waals surface area contributed by atoms with Crippen molar-refractivity contribution in [2.75, 3.05) is 0 Å². The van der Waals surface area contributed by atoms with E-state index in [1.54, 1.807) is 12.1 Å². The van der Waals surface area contributed by atoms with Crippen LogP contribution in [0.15, 0.2) is 72.8 Å². The Bertz CT molecular complexity index is 1060. The monoisotopic (exact) mass is 389 g/mol. The fraction of sp³-hybridized carbons (Fsp3) is 0.0455. The second kappa shape index (κ2) is 8.89. The number of nitriles is 1. The molecule has 0 bridgehead atoms. The van der Waals surface area contributed by atoms with Crippen molar-refractivity contribution in [3.63, 3.8) is 0 Å². The second-order valence-corrected chi connectivity index (χ2v) is 6.38. The molecular weight excluding hydrogens is 373 g/mol. The smallest absolute Gasteiger partial charge is 0.260 e. The molecule has 28 heavy (non-hydrogen) atoms. The summed E-state index contributed by atoms with van der Waals surface area (Å²) in [6.45, 7) is 0.399. The fourth-order valence-corrected chi connectivity index (χ4v) is 2.84. The molecule has 138 valence electrons. The summed E-state index contributed by atoms with van der Waals surface area (Å²) < 4.78 is 13.6. The predicted octanol–water partition coefficient (Wildman–Crippen LogP) is 4.17. The van der Waals surface area contributed by atoms with Gasteiger partial charge in [-0.2, -0.15) is 5.26 Å². The van der Waals surface area contributed by atoms with Gasteiger partial charge < -0.3 is 5.32 Å². The maximum absolute atomic E-state index is 13.6. The lowest BCUT2D eigenvalue weighted by Gasteiger charge is -2.11. The molecule has 0 aliphatic heterocycles. The predicted molar refractivity (Wildman–Crippen MR) is 110 cm³/mol. The van der Waals surface area contributed by atoms with Crippen molar-refractivity contribution < 1.29 is 9.18 Å². The zero-order valence-electron chi connectivity index (χ0n) is 14.8. The van der Waals surface area contributed by atoms with Crippen molar-refractivity contribution in [3.8, 4) is 17.2 Å². The Morgan fingerprint density at radius 2 is 1.68 bits per heavy atom. The van der Waals surface area contributed by atoms with E-state index < -0.39 is 11.7 Å². The van der Waals surface area contributed by atoms with Gasteiger partial charge in [0, 0.05) is 6.54 Å². The van der Waals surface area contributed by atoms with Gasteiger partial charge in [0.15, 0.2) is 5.11 Å². The summed E-state index contributed by atoms with van der Waals surface area (Å²) in [5.41, 5.74) is 3.31. The molecule has 0 aliphatic carbocycles. The minimum atomic E-state index is -0.601. The zero-order valence-corrected chi connectivity index (χ0v) is 15.6. The number of nitrogens with zero attached hydrogens (tertiary/aromatic N) is 1. The van der Waals surface area contributed by atoms with E-state index in [1.807, 2.05) is 42.5 Å². The molecule has 1 amide bonds. The Morgan fingerprint density at radius 1 is 1.00 bits per heavy atom. The van der Waals surface area contributed by atoms with Crippen molar-refractivity contribution in [3.05, 3.63) is 95.3 Å². The number of nitrogens with one attached hydrogen (secondary N) is 2. The van der Waals surface area contributed by atoms with Crippen LogP contribution in [0.25, 0.3) is 11.1 Å². The van der Waals surface area contributed by atoms with Crippen LogP contribution in [0.4, 0.5) is 4.39 Å². The summed E-state index contributed by atoms with van der Waals surface area (Å²) in [7, 11) is 0. The summed E-state index contributed by atoms with van der Waals surface area (Å²) in [4.78, 5) is 12.0. The molecule has 4 nitrogen and oxygen atoms in total. The number of thiocarbonyl (C=S) groups is 1. The molecule has 2 N–H and O–H groups in total. The van der Waals surface area contributed by atoms with Gasteiger partial charge in [-0.25, -0.2) is 4.39 Å². The Morgan fingerprint density at radius 3 is 2.39 bits per heavy atom. The lowest BCUT2D eigenvalue weighted by atomic mass is 9.99. The van der Waals surface area contributed by atoms with Crippen LogP contribution in [0.3, 0.4) is 0 Å². The first-order chi connectivity index (χ1) is 13.6. The average Bonchev–Trinajstić information content (AvgIpc) is 2.73. The number of hydrogen-bond donors (Lipinski definition) is 2. The van der Waals surface area contributed by atoms with Crippen LogP contribution in [0.2, 0.25) is 0 Å². The number of halogens is 1. The van der Waals surface area contributed by atoms with Crippen molar-refractivity contribution in [1.29, 1.82) is 5.26 Å². The summed E-state index contributed by atoms with van der Waals surface area (Å²) in [5.74, 6) is -1.20. The van der Waals surface area contributed by atoms with Gasteiger partial charge in [0.05, 0.1) is 17.2 Å². The molecule has 6 heteroatoms. The third-order valence-electron chi connectivity index (χ3n) is 4.11. The molecule has 3 rings (SSSR count). The van der Waals surface area contributed by atoms with Gasteiger partial charge >= 0.3 is 0 Å². The Kier molecular flexibility index (Phi) is 6.10. The summed E-state index contributed by atoms with van der Waals surface area (Å²) in [6.07, 6.45) is 0. The van der Waals surface area contributed by atoms with Crippen molar-refractivity contribution in [2.45, 2.75) is 6.54 Å². The molecule has 0 spiro atoms. The molecule has 0 radical (unpaired) electrons. The van der Waals surface area contributed by atoms with Crippen molar-refractivity contribution >= 4 is 23.2 Å². The number of carbonyl (C=O) groups excluding carboxylic acids is 1. The SMILES string of the molecule is N#Cc1ccccc1-c1ccc(CNC(=S)NC(=O)c2ccccc2F)cc1. The van der Waals surface area contributed by atoms with Gasteiger partial charge in [-0.3, -0.25) is 10.1 Å². The minimum absolute atomic E-state index is 0.0628. The van der Waals surface area contributed by atoms with E-state index in [1.165, 1.54) is 18.2 Å². The number of rotatable bonds is 4. The lowest BCUT2D eigenvalue weighted by Crippen LogP contribution is -2.39. The van der Waals surface area contributed by atoms with Crippen LogP contribution < -0.4 is 10.6 Å². The first-order valence-electron chi connectivity index (χ1n) is 8.50. The maximum atomic E-state index is 13.6. The molecule has 0 heterocycles. The van der Waals surface area contributed by atoms with Gasteiger partial charge in [0.2, 0.25) is 0 Å². The van der Waals surface area contributed by atoms with E-state index in [0.29, 0.717) is 12.1 Å². The number of hydrogen-bond acceptors (Lipinski definition) is 3. The van der Waals surface area contributed by atoms with Crippen molar-refractivity contribution in [1.82, 2.24) is 10.6 Å². The molecule has 0 fully saturated rings. The third kappa shape index (κ3) is 4.58. The highest BCUT2D eigenvalue weighted by atomic mass is 32.1. The summed E-state index contributed by atoms with van der Waals surface area (Å²) in [5, 5.41) is 14.7. The van der Waals surface area contributed by atoms with E-state index in [4.69, 9.17) is 12.2 Å². The second-order valence-electron chi connectivity index (χ2n) is 5.97. The number of amides is 1. The van der Waals surface area contributed by atoms with Gasteiger partial charge in [-0.15, -0.1) is 0 Å². The van der Waals surface area contributed by atoms with E-state index >= 15 is 0 Å². The van der Waals surface area contributed by atoms with Gasteiger partial charge in [0.1, 0.15) is 5.82 Å². The lowest BCUT2D eigenvalue weighted by molar-refractivity contribution is 0.0972. The number of carbonyl (C=O) groups is 1. The fourth-order valence-electron chi connectivity index (χ4n) is 2.68. The van der Waals surface area contributed by atoms with Crippen molar-refractivity contribution in [2.24, 2.45) is 0 Å². The molecule has 0 aliphatic rings. The summed E-state index contributed by atoms with van der Waals surface area (Å²) in [6, 6.07) is 23.0. The van der Waals surface area contributed by atoms with Crippen LogP contribution in [0, 0.1) is 17.1 Å². The average molecular weight is 389 g/mol. The molecule has 3 aromatic rings. The van der Waals surface area contributed by atoms with E-state index in [2.05, 4.69) is 16.7 Å². The first kappa shape index (κ1) is 19.2. The Balaban J connectivity index is 1.59. The van der Waals surface area contributed by atoms with E-state index in [-0.39, 0.29) is 10.7 Å². The largest absolute Gasteiger partial charge is 0.358 e. The van der Waals surface area contributed by atoms with Crippen LogP contribution in [-0.2, 0) is 6.54 Å².